The number of nitrogens with zero attached hydrogens (tertiary/aromatic N) is 4. The van der Waals surface area contributed by atoms with Gasteiger partial charge in [-0.15, -0.1) is 0 Å². The fourth-order valence-electron chi connectivity index (χ4n) is 3.25. The van der Waals surface area contributed by atoms with Gasteiger partial charge in [-0.2, -0.15) is 4.37 Å². The van der Waals surface area contributed by atoms with Gasteiger partial charge in [0.2, 0.25) is 11.0 Å². The molecule has 1 aromatic rings. The van der Waals surface area contributed by atoms with Gasteiger partial charge in [-0.3, -0.25) is 9.69 Å². The summed E-state index contributed by atoms with van der Waals surface area (Å²) in [5, 5.41) is 4.04. The number of hydrogen-bond acceptors (Lipinski definition) is 6. The number of hydrogen-bond donors (Lipinski definition) is 1. The summed E-state index contributed by atoms with van der Waals surface area (Å²) in [7, 11) is 0. The number of nitrogens with one attached hydrogen (secondary N) is 1. The molecule has 122 valence electrons. The molecule has 0 radical (unpaired) electrons. The van der Waals surface area contributed by atoms with Crippen LogP contribution in [0.2, 0.25) is 0 Å². The van der Waals surface area contributed by atoms with Crippen molar-refractivity contribution in [3.8, 4) is 0 Å². The average molecular weight is 323 g/mol. The van der Waals surface area contributed by atoms with Crippen molar-refractivity contribution in [2.24, 2.45) is 0 Å². The summed E-state index contributed by atoms with van der Waals surface area (Å²) in [5.41, 5.74) is 0. The van der Waals surface area contributed by atoms with Gasteiger partial charge < -0.3 is 10.2 Å². The van der Waals surface area contributed by atoms with Crippen molar-refractivity contribution in [2.75, 3.05) is 37.6 Å². The van der Waals surface area contributed by atoms with E-state index in [0.717, 1.165) is 69.4 Å². The molecule has 0 saturated carbocycles. The molecule has 2 fully saturated rings. The van der Waals surface area contributed by atoms with Gasteiger partial charge in [0.05, 0.1) is 0 Å². The molecule has 1 unspecified atom stereocenters. The zero-order valence-electron chi connectivity index (χ0n) is 13.3. The summed E-state index contributed by atoms with van der Waals surface area (Å²) in [4.78, 5) is 21.0. The summed E-state index contributed by atoms with van der Waals surface area (Å²) in [6, 6.07) is 0.547. The van der Waals surface area contributed by atoms with Crippen molar-refractivity contribution >= 4 is 22.6 Å². The van der Waals surface area contributed by atoms with E-state index in [1.165, 1.54) is 11.5 Å². The number of carbonyl (C=O) groups excluding carboxylic acids is 1. The van der Waals surface area contributed by atoms with E-state index < -0.39 is 0 Å². The van der Waals surface area contributed by atoms with E-state index in [9.17, 15) is 4.79 Å². The number of piperazine rings is 1. The van der Waals surface area contributed by atoms with E-state index in [4.69, 9.17) is 0 Å². The molecular formula is C15H25N5OS. The third kappa shape index (κ3) is 3.76. The van der Waals surface area contributed by atoms with Crippen molar-refractivity contribution in [1.29, 1.82) is 0 Å². The van der Waals surface area contributed by atoms with Crippen LogP contribution in [0.15, 0.2) is 0 Å². The van der Waals surface area contributed by atoms with Crippen molar-refractivity contribution < 1.29 is 4.79 Å². The van der Waals surface area contributed by atoms with Crippen LogP contribution >= 0.6 is 11.5 Å². The van der Waals surface area contributed by atoms with Crippen LogP contribution in [0.4, 0.5) is 5.13 Å². The highest BCUT2D eigenvalue weighted by Crippen LogP contribution is 2.22. The van der Waals surface area contributed by atoms with E-state index in [1.807, 2.05) is 0 Å². The molecule has 1 amide bonds. The maximum atomic E-state index is 11.5. The van der Waals surface area contributed by atoms with Gasteiger partial charge >= 0.3 is 0 Å². The Morgan fingerprint density at radius 2 is 2.09 bits per heavy atom. The number of aryl methyl sites for hydroxylation is 1. The van der Waals surface area contributed by atoms with E-state index in [2.05, 4.69) is 31.4 Å². The van der Waals surface area contributed by atoms with Crippen LogP contribution in [0.3, 0.4) is 0 Å². The molecule has 2 aliphatic heterocycles. The van der Waals surface area contributed by atoms with Crippen LogP contribution in [0.5, 0.6) is 0 Å². The molecule has 1 atom stereocenters. The maximum absolute atomic E-state index is 11.5. The van der Waals surface area contributed by atoms with Crippen molar-refractivity contribution in [1.82, 2.24) is 19.6 Å². The van der Waals surface area contributed by atoms with Crippen molar-refractivity contribution in [3.05, 3.63) is 5.82 Å². The third-order valence-corrected chi connectivity index (χ3v) is 5.35. The quantitative estimate of drug-likeness (QED) is 0.904. The summed E-state index contributed by atoms with van der Waals surface area (Å²) in [5.74, 6) is 1.19. The number of rotatable bonds is 4. The van der Waals surface area contributed by atoms with Gasteiger partial charge in [0, 0.05) is 63.1 Å². The molecule has 7 heteroatoms. The minimum Gasteiger partial charge on any atom is -0.356 e. The standard InChI is InChI=1S/C15H25N5OS/c1-2-3-13-17-15(22-18-13)20-10-8-19(9-11-20)12-4-5-14(21)16-7-6-12/h12H,2-11H2,1H3,(H,16,21). The second-order valence-corrected chi connectivity index (χ2v) is 6.83. The van der Waals surface area contributed by atoms with Crippen LogP contribution in [-0.2, 0) is 11.2 Å². The summed E-state index contributed by atoms with van der Waals surface area (Å²) < 4.78 is 4.44. The summed E-state index contributed by atoms with van der Waals surface area (Å²) in [6.07, 6.45) is 4.80. The van der Waals surface area contributed by atoms with Crippen LogP contribution in [0, 0.1) is 0 Å². The first-order valence-corrected chi connectivity index (χ1v) is 9.12. The predicted molar refractivity (Wildman–Crippen MR) is 88.3 cm³/mol. The van der Waals surface area contributed by atoms with E-state index >= 15 is 0 Å². The Bertz CT molecular complexity index is 498. The monoisotopic (exact) mass is 323 g/mol. The predicted octanol–water partition coefficient (Wildman–Crippen LogP) is 1.28. The Morgan fingerprint density at radius 1 is 1.27 bits per heavy atom. The van der Waals surface area contributed by atoms with Gasteiger partial charge in [-0.1, -0.05) is 6.92 Å². The van der Waals surface area contributed by atoms with Crippen LogP contribution in [0.25, 0.3) is 0 Å². The largest absolute Gasteiger partial charge is 0.356 e. The summed E-state index contributed by atoms with van der Waals surface area (Å²) in [6.45, 7) is 7.12. The fourth-order valence-corrected chi connectivity index (χ4v) is 4.01. The lowest BCUT2D eigenvalue weighted by Crippen LogP contribution is -2.50. The van der Waals surface area contributed by atoms with Crippen molar-refractivity contribution in [2.45, 2.75) is 45.1 Å². The van der Waals surface area contributed by atoms with E-state index in [-0.39, 0.29) is 5.91 Å². The molecule has 1 N–H and O–H groups in total. The molecule has 3 rings (SSSR count). The minimum atomic E-state index is 0.207. The third-order valence-electron chi connectivity index (χ3n) is 4.54. The number of aromatic nitrogens is 2. The number of amides is 1. The topological polar surface area (TPSA) is 61.4 Å². The number of carbonyl (C=O) groups is 1. The van der Waals surface area contributed by atoms with Crippen LogP contribution in [0.1, 0.15) is 38.4 Å². The molecule has 2 aliphatic rings. The molecule has 6 nitrogen and oxygen atoms in total. The van der Waals surface area contributed by atoms with Gasteiger partial charge in [0.1, 0.15) is 5.82 Å². The van der Waals surface area contributed by atoms with Gasteiger partial charge in [0.15, 0.2) is 0 Å². The Kier molecular flexibility index (Phi) is 5.25. The molecule has 1 aromatic heterocycles. The molecule has 3 heterocycles. The van der Waals surface area contributed by atoms with Gasteiger partial charge in [-0.05, 0) is 19.3 Å². The Hall–Kier alpha value is -1.21. The number of anilines is 1. The minimum absolute atomic E-state index is 0.207. The normalized spacial score (nSPS) is 24.1. The highest BCUT2D eigenvalue weighted by molar-refractivity contribution is 7.09. The van der Waals surface area contributed by atoms with Gasteiger partial charge in [-0.25, -0.2) is 4.98 Å². The first-order chi connectivity index (χ1) is 10.8. The first kappa shape index (κ1) is 15.7. The van der Waals surface area contributed by atoms with Crippen LogP contribution < -0.4 is 10.2 Å². The van der Waals surface area contributed by atoms with Crippen LogP contribution in [-0.4, -0.2) is 58.9 Å². The first-order valence-electron chi connectivity index (χ1n) is 8.34. The second kappa shape index (κ2) is 7.37. The molecular weight excluding hydrogens is 298 g/mol. The Morgan fingerprint density at radius 3 is 2.86 bits per heavy atom. The van der Waals surface area contributed by atoms with Crippen molar-refractivity contribution in [3.63, 3.8) is 0 Å². The highest BCUT2D eigenvalue weighted by atomic mass is 32.1. The molecule has 0 spiro atoms. The molecule has 2 saturated heterocycles. The Labute approximate surface area is 136 Å². The fraction of sp³-hybridized carbons (Fsp3) is 0.800. The average Bonchev–Trinajstić information content (AvgIpc) is 2.89. The highest BCUT2D eigenvalue weighted by Gasteiger charge is 2.27. The molecule has 22 heavy (non-hydrogen) atoms. The SMILES string of the molecule is CCCc1nsc(N2CCN(C3CCNC(=O)CC3)CC2)n1. The zero-order chi connectivity index (χ0) is 15.4. The van der Waals surface area contributed by atoms with Gasteiger partial charge in [0.25, 0.3) is 0 Å². The van der Waals surface area contributed by atoms with E-state index in [1.54, 1.807) is 0 Å². The zero-order valence-corrected chi connectivity index (χ0v) is 14.1. The maximum Gasteiger partial charge on any atom is 0.220 e. The molecule has 0 bridgehead atoms. The molecule has 0 aliphatic carbocycles. The lowest BCUT2D eigenvalue weighted by Gasteiger charge is -2.38. The lowest BCUT2D eigenvalue weighted by molar-refractivity contribution is -0.120. The Balaban J connectivity index is 1.52. The summed E-state index contributed by atoms with van der Waals surface area (Å²) >= 11 is 1.53. The second-order valence-electron chi connectivity index (χ2n) is 6.10. The smallest absolute Gasteiger partial charge is 0.220 e. The van der Waals surface area contributed by atoms with E-state index in [0.29, 0.717) is 12.5 Å². The lowest BCUT2D eigenvalue weighted by atomic mass is 10.1. The molecule has 0 aromatic carbocycles.